The van der Waals surface area contributed by atoms with Crippen molar-refractivity contribution in [2.45, 2.75) is 39.7 Å². The number of fused-ring (bicyclic) bond motifs is 1. The number of carbonyl (C=O) groups is 2. The topological polar surface area (TPSA) is 61.2 Å². The fourth-order valence-corrected chi connectivity index (χ4v) is 1.94. The molecule has 2 rings (SSSR count). The van der Waals surface area contributed by atoms with Gasteiger partial charge in [-0.3, -0.25) is 4.79 Å². The van der Waals surface area contributed by atoms with Crippen molar-refractivity contribution in [1.82, 2.24) is 9.78 Å². The maximum atomic E-state index is 12.1. The van der Waals surface area contributed by atoms with E-state index in [1.807, 2.05) is 19.1 Å². The molecule has 1 aromatic carbocycles. The van der Waals surface area contributed by atoms with Crippen molar-refractivity contribution >= 4 is 23.3 Å². The van der Waals surface area contributed by atoms with Gasteiger partial charge in [-0.15, -0.1) is 0 Å². The second-order valence-corrected chi connectivity index (χ2v) is 5.60. The van der Waals surface area contributed by atoms with Gasteiger partial charge in [0.1, 0.15) is 11.3 Å². The molecule has 0 spiro atoms. The largest absolute Gasteiger partial charge is 0.442 e. The predicted molar refractivity (Wildman–Crippen MR) is 76.1 cm³/mol. The smallest absolute Gasteiger partial charge is 0.435 e. The lowest BCUT2D eigenvalue weighted by atomic mass is 10.1. The van der Waals surface area contributed by atoms with E-state index in [0.29, 0.717) is 17.2 Å². The second-order valence-electron chi connectivity index (χ2n) is 5.60. The zero-order valence-electron chi connectivity index (χ0n) is 12.1. The highest BCUT2D eigenvalue weighted by Gasteiger charge is 2.21. The summed E-state index contributed by atoms with van der Waals surface area (Å²) in [6.07, 6.45) is 0.925. The second kappa shape index (κ2) is 5.07. The van der Waals surface area contributed by atoms with Gasteiger partial charge in [0.05, 0.1) is 5.52 Å². The molecule has 0 N–H and O–H groups in total. The molecule has 5 nitrogen and oxygen atoms in total. The van der Waals surface area contributed by atoms with Crippen LogP contribution in [0.4, 0.5) is 4.79 Å². The summed E-state index contributed by atoms with van der Waals surface area (Å²) in [5.41, 5.74) is 1.31. The van der Waals surface area contributed by atoms with Crippen molar-refractivity contribution in [2.75, 3.05) is 0 Å². The van der Waals surface area contributed by atoms with Gasteiger partial charge in [0.25, 0.3) is 0 Å². The highest BCUT2D eigenvalue weighted by molar-refractivity contribution is 5.98. The van der Waals surface area contributed by atoms with Crippen LogP contribution in [-0.2, 0) is 11.2 Å². The van der Waals surface area contributed by atoms with E-state index >= 15 is 0 Å². The lowest BCUT2D eigenvalue weighted by Crippen LogP contribution is -2.27. The van der Waals surface area contributed by atoms with Gasteiger partial charge in [-0.05, 0) is 44.9 Å². The van der Waals surface area contributed by atoms with E-state index in [9.17, 15) is 9.59 Å². The standard InChI is InChI=1S/C15H18N2O3/c1-5-10-6-7-13-11(8-10)12(9-18)16-17(13)14(19)20-15(2,3)4/h6-9H,5H2,1-4H3. The van der Waals surface area contributed by atoms with E-state index in [4.69, 9.17) is 4.74 Å². The zero-order valence-corrected chi connectivity index (χ0v) is 12.1. The monoisotopic (exact) mass is 274 g/mol. The average Bonchev–Trinajstić information content (AvgIpc) is 2.74. The van der Waals surface area contributed by atoms with Crippen LogP contribution in [0.15, 0.2) is 18.2 Å². The fourth-order valence-electron chi connectivity index (χ4n) is 1.94. The van der Waals surface area contributed by atoms with E-state index in [-0.39, 0.29) is 5.69 Å². The quantitative estimate of drug-likeness (QED) is 0.789. The van der Waals surface area contributed by atoms with Gasteiger partial charge in [0.15, 0.2) is 6.29 Å². The summed E-state index contributed by atoms with van der Waals surface area (Å²) in [6, 6.07) is 5.59. The molecule has 0 saturated heterocycles. The minimum atomic E-state index is -0.611. The molecule has 0 bridgehead atoms. The predicted octanol–water partition coefficient (Wildman–Crippen LogP) is 3.19. The summed E-state index contributed by atoms with van der Waals surface area (Å²) in [7, 11) is 0. The summed E-state index contributed by atoms with van der Waals surface area (Å²) in [4.78, 5) is 23.2. The average molecular weight is 274 g/mol. The number of nitrogens with zero attached hydrogens (tertiary/aromatic N) is 2. The van der Waals surface area contributed by atoms with Gasteiger partial charge in [0, 0.05) is 5.39 Å². The maximum Gasteiger partial charge on any atom is 0.435 e. The molecule has 0 aliphatic rings. The van der Waals surface area contributed by atoms with Crippen molar-refractivity contribution in [1.29, 1.82) is 0 Å². The first-order chi connectivity index (χ1) is 9.35. The highest BCUT2D eigenvalue weighted by Crippen LogP contribution is 2.21. The van der Waals surface area contributed by atoms with Gasteiger partial charge in [-0.2, -0.15) is 9.78 Å². The van der Waals surface area contributed by atoms with E-state index in [1.165, 1.54) is 0 Å². The van der Waals surface area contributed by atoms with Crippen LogP contribution in [-0.4, -0.2) is 27.8 Å². The SMILES string of the molecule is CCc1ccc2c(c1)c(C=O)nn2C(=O)OC(C)(C)C. The number of benzene rings is 1. The number of aromatic nitrogens is 2. The van der Waals surface area contributed by atoms with Crippen molar-refractivity contribution < 1.29 is 14.3 Å². The Labute approximate surface area is 117 Å². The number of hydrogen-bond acceptors (Lipinski definition) is 4. The van der Waals surface area contributed by atoms with Crippen LogP contribution in [0.25, 0.3) is 10.9 Å². The Morgan fingerprint density at radius 1 is 1.40 bits per heavy atom. The molecule has 106 valence electrons. The molecule has 0 radical (unpaired) electrons. The fraction of sp³-hybridized carbons (Fsp3) is 0.400. The number of carbonyl (C=O) groups excluding carboxylic acids is 2. The normalized spacial score (nSPS) is 11.6. The molecule has 20 heavy (non-hydrogen) atoms. The summed E-state index contributed by atoms with van der Waals surface area (Å²) in [5.74, 6) is 0. The number of rotatable bonds is 2. The molecular weight excluding hydrogens is 256 g/mol. The molecule has 0 aliphatic heterocycles. The third-order valence-electron chi connectivity index (χ3n) is 2.86. The van der Waals surface area contributed by atoms with Crippen molar-refractivity contribution in [2.24, 2.45) is 0 Å². The summed E-state index contributed by atoms with van der Waals surface area (Å²) in [5, 5.41) is 4.71. The van der Waals surface area contributed by atoms with Crippen LogP contribution in [0, 0.1) is 0 Å². The molecule has 0 aliphatic carbocycles. The Kier molecular flexibility index (Phi) is 3.61. The van der Waals surface area contributed by atoms with Crippen LogP contribution < -0.4 is 0 Å². The Morgan fingerprint density at radius 3 is 2.65 bits per heavy atom. The van der Waals surface area contributed by atoms with Gasteiger partial charge in [0.2, 0.25) is 0 Å². The Bertz CT molecular complexity index is 666. The van der Waals surface area contributed by atoms with Crippen LogP contribution in [0.3, 0.4) is 0 Å². The summed E-state index contributed by atoms with van der Waals surface area (Å²) < 4.78 is 6.43. The first-order valence-electron chi connectivity index (χ1n) is 6.56. The number of hydrogen-bond donors (Lipinski definition) is 0. The highest BCUT2D eigenvalue weighted by atomic mass is 16.6. The van der Waals surface area contributed by atoms with Crippen molar-refractivity contribution in [3.63, 3.8) is 0 Å². The Balaban J connectivity index is 2.55. The van der Waals surface area contributed by atoms with Crippen LogP contribution >= 0.6 is 0 Å². The molecule has 0 unspecified atom stereocenters. The molecule has 0 saturated carbocycles. The molecule has 5 heteroatoms. The molecule has 0 fully saturated rings. The first kappa shape index (κ1) is 14.2. The minimum absolute atomic E-state index is 0.251. The van der Waals surface area contributed by atoms with Crippen molar-refractivity contribution in [3.05, 3.63) is 29.5 Å². The van der Waals surface area contributed by atoms with Crippen LogP contribution in [0.1, 0.15) is 43.7 Å². The Morgan fingerprint density at radius 2 is 2.10 bits per heavy atom. The molecular formula is C15H18N2O3. The molecule has 1 heterocycles. The third kappa shape index (κ3) is 2.71. The van der Waals surface area contributed by atoms with E-state index < -0.39 is 11.7 Å². The van der Waals surface area contributed by atoms with Gasteiger partial charge in [-0.1, -0.05) is 13.0 Å². The van der Waals surface area contributed by atoms with Gasteiger partial charge >= 0.3 is 6.09 Å². The molecule has 1 aromatic heterocycles. The van der Waals surface area contributed by atoms with Gasteiger partial charge < -0.3 is 4.74 Å². The molecule has 2 aromatic rings. The van der Waals surface area contributed by atoms with Crippen LogP contribution in [0.5, 0.6) is 0 Å². The summed E-state index contributed by atoms with van der Waals surface area (Å²) >= 11 is 0. The van der Waals surface area contributed by atoms with Crippen molar-refractivity contribution in [3.8, 4) is 0 Å². The number of aryl methyl sites for hydroxylation is 1. The maximum absolute atomic E-state index is 12.1. The van der Waals surface area contributed by atoms with E-state index in [1.54, 1.807) is 26.8 Å². The lowest BCUT2D eigenvalue weighted by Gasteiger charge is -2.19. The molecule has 0 amide bonds. The summed E-state index contributed by atoms with van der Waals surface area (Å²) in [6.45, 7) is 7.38. The van der Waals surface area contributed by atoms with E-state index in [2.05, 4.69) is 5.10 Å². The number of aldehydes is 1. The lowest BCUT2D eigenvalue weighted by molar-refractivity contribution is 0.0522. The molecule has 0 atom stereocenters. The minimum Gasteiger partial charge on any atom is -0.442 e. The zero-order chi connectivity index (χ0) is 14.9. The van der Waals surface area contributed by atoms with Crippen LogP contribution in [0.2, 0.25) is 0 Å². The van der Waals surface area contributed by atoms with E-state index in [0.717, 1.165) is 16.7 Å². The third-order valence-corrected chi connectivity index (χ3v) is 2.86. The van der Waals surface area contributed by atoms with Gasteiger partial charge in [-0.25, -0.2) is 4.79 Å². The number of ether oxygens (including phenoxy) is 1. The first-order valence-corrected chi connectivity index (χ1v) is 6.56. The Hall–Kier alpha value is -2.17.